The van der Waals surface area contributed by atoms with Gasteiger partial charge in [-0.25, -0.2) is 4.98 Å². The lowest BCUT2D eigenvalue weighted by atomic mass is 9.84. The molecule has 3 heterocycles. The molecule has 1 N–H and O–H groups in total. The van der Waals surface area contributed by atoms with Crippen molar-refractivity contribution in [3.63, 3.8) is 0 Å². The van der Waals surface area contributed by atoms with E-state index in [-0.39, 0.29) is 11.9 Å². The third-order valence-corrected chi connectivity index (χ3v) is 7.57. The first-order valence-electron chi connectivity index (χ1n) is 12.6. The summed E-state index contributed by atoms with van der Waals surface area (Å²) in [5.41, 5.74) is 2.49. The van der Waals surface area contributed by atoms with E-state index in [0.29, 0.717) is 11.1 Å². The lowest BCUT2D eigenvalue weighted by Gasteiger charge is -2.37. The number of nitrogens with one attached hydrogen (secondary N) is 1. The number of carbonyl (C=O) groups excluding carboxylic acids is 1. The van der Waals surface area contributed by atoms with Gasteiger partial charge in [-0.2, -0.15) is 5.26 Å². The Balaban J connectivity index is 1.02. The molecule has 2 fully saturated rings. The zero-order chi connectivity index (χ0) is 23.3. The minimum Gasteiger partial charge on any atom is -0.489 e. The number of pyridine rings is 1. The first kappa shape index (κ1) is 22.7. The molecule has 1 saturated heterocycles. The van der Waals surface area contributed by atoms with Gasteiger partial charge in [-0.05, 0) is 74.9 Å². The number of nitrogens with zero attached hydrogens (tertiary/aromatic N) is 4. The predicted molar refractivity (Wildman–Crippen MR) is 131 cm³/mol. The third kappa shape index (κ3) is 5.18. The van der Waals surface area contributed by atoms with Crippen molar-refractivity contribution in [2.45, 2.75) is 44.6 Å². The Morgan fingerprint density at radius 2 is 1.85 bits per heavy atom. The molecule has 7 nitrogen and oxygen atoms in total. The van der Waals surface area contributed by atoms with E-state index in [9.17, 15) is 4.79 Å². The smallest absolute Gasteiger partial charge is 0.251 e. The van der Waals surface area contributed by atoms with Crippen LogP contribution in [0.4, 0.5) is 5.82 Å². The molecule has 0 spiro atoms. The van der Waals surface area contributed by atoms with Crippen LogP contribution < -0.4 is 15.0 Å². The molecule has 1 aromatic heterocycles. The van der Waals surface area contributed by atoms with Gasteiger partial charge in [-0.3, -0.25) is 9.69 Å². The number of fused-ring (bicyclic) bond motifs is 1. The van der Waals surface area contributed by atoms with Crippen molar-refractivity contribution in [2.75, 3.05) is 44.2 Å². The van der Waals surface area contributed by atoms with Gasteiger partial charge >= 0.3 is 0 Å². The quantitative estimate of drug-likeness (QED) is 0.713. The lowest BCUT2D eigenvalue weighted by Crippen LogP contribution is -2.47. The van der Waals surface area contributed by atoms with Gasteiger partial charge in [0.05, 0.1) is 18.2 Å². The first-order chi connectivity index (χ1) is 16.7. The molecule has 0 atom stereocenters. The van der Waals surface area contributed by atoms with Crippen LogP contribution in [0.2, 0.25) is 0 Å². The number of ether oxygens (including phenoxy) is 1. The summed E-state index contributed by atoms with van der Waals surface area (Å²) in [5.74, 6) is 2.73. The Bertz CT molecular complexity index is 1030. The topological polar surface area (TPSA) is 81.5 Å². The van der Waals surface area contributed by atoms with Gasteiger partial charge in [-0.1, -0.05) is 0 Å². The Kier molecular flexibility index (Phi) is 6.96. The minimum absolute atomic E-state index is 0.0326. The van der Waals surface area contributed by atoms with E-state index in [0.717, 1.165) is 76.1 Å². The van der Waals surface area contributed by atoms with Crippen LogP contribution in [0.1, 0.15) is 53.6 Å². The van der Waals surface area contributed by atoms with Crippen molar-refractivity contribution in [1.82, 2.24) is 15.2 Å². The van der Waals surface area contributed by atoms with E-state index in [4.69, 9.17) is 10.00 Å². The number of anilines is 1. The highest BCUT2D eigenvalue weighted by Gasteiger charge is 2.26. The van der Waals surface area contributed by atoms with Gasteiger partial charge in [0.2, 0.25) is 0 Å². The summed E-state index contributed by atoms with van der Waals surface area (Å²) in [6, 6.07) is 11.3. The molecule has 1 aliphatic carbocycles. The maximum absolute atomic E-state index is 12.5. The molecule has 2 aliphatic heterocycles. The monoisotopic (exact) mass is 459 g/mol. The minimum atomic E-state index is -0.0326. The average molecular weight is 460 g/mol. The Hall–Kier alpha value is -3.11. The normalized spacial score (nSPS) is 22.5. The first-order valence-corrected chi connectivity index (χ1v) is 12.6. The standard InChI is InChI=1S/C27H33N5O2/c28-19-21-1-5-23(6-2-21)27(33)30-24-7-3-20(4-8-24)10-13-31-14-16-32(17-15-31)26-25-22(9-12-29-26)11-18-34-25/h1-2,5-6,9,12,20,24H,3-4,7-8,10-11,13-18H2,(H,30,33)/t20-,24-. The second-order valence-electron chi connectivity index (χ2n) is 9.72. The van der Waals surface area contributed by atoms with Crippen LogP contribution in [0.3, 0.4) is 0 Å². The zero-order valence-electron chi connectivity index (χ0n) is 19.7. The number of rotatable bonds is 6. The van der Waals surface area contributed by atoms with Crippen LogP contribution >= 0.6 is 0 Å². The lowest BCUT2D eigenvalue weighted by molar-refractivity contribution is 0.0919. The van der Waals surface area contributed by atoms with Crippen LogP contribution in [0.5, 0.6) is 5.75 Å². The van der Waals surface area contributed by atoms with E-state index in [1.54, 1.807) is 24.3 Å². The molecule has 34 heavy (non-hydrogen) atoms. The van der Waals surface area contributed by atoms with Crippen LogP contribution in [0.25, 0.3) is 0 Å². The SMILES string of the molecule is N#Cc1ccc(C(=O)N[C@H]2CC[C@H](CCN3CCN(c4nccc5c4OCC5)CC3)CC2)cc1. The molecule has 1 saturated carbocycles. The molecule has 1 aromatic carbocycles. The molecule has 0 bridgehead atoms. The summed E-state index contributed by atoms with van der Waals surface area (Å²) in [6.45, 7) is 6.07. The molecule has 7 heteroatoms. The summed E-state index contributed by atoms with van der Waals surface area (Å²) in [4.78, 5) is 22.1. The van der Waals surface area contributed by atoms with E-state index in [1.165, 1.54) is 24.8 Å². The molecular formula is C27H33N5O2. The van der Waals surface area contributed by atoms with E-state index >= 15 is 0 Å². The number of hydrogen-bond acceptors (Lipinski definition) is 6. The number of piperazine rings is 1. The fourth-order valence-electron chi connectivity index (χ4n) is 5.43. The second kappa shape index (κ2) is 10.4. The summed E-state index contributed by atoms with van der Waals surface area (Å²) >= 11 is 0. The van der Waals surface area contributed by atoms with Crippen molar-refractivity contribution in [3.8, 4) is 11.8 Å². The van der Waals surface area contributed by atoms with Gasteiger partial charge in [0.15, 0.2) is 11.6 Å². The number of nitriles is 1. The summed E-state index contributed by atoms with van der Waals surface area (Å²) in [5, 5.41) is 12.1. The average Bonchev–Trinajstić information content (AvgIpc) is 3.38. The highest BCUT2D eigenvalue weighted by molar-refractivity contribution is 5.94. The fraction of sp³-hybridized carbons (Fsp3) is 0.519. The van der Waals surface area contributed by atoms with Crippen molar-refractivity contribution >= 4 is 11.7 Å². The molecule has 1 amide bonds. The Morgan fingerprint density at radius 3 is 2.59 bits per heavy atom. The number of hydrogen-bond donors (Lipinski definition) is 1. The van der Waals surface area contributed by atoms with Gasteiger partial charge in [0.25, 0.3) is 5.91 Å². The van der Waals surface area contributed by atoms with Gasteiger partial charge in [-0.15, -0.1) is 0 Å². The molecule has 0 radical (unpaired) electrons. The van der Waals surface area contributed by atoms with E-state index in [2.05, 4.69) is 32.2 Å². The largest absolute Gasteiger partial charge is 0.489 e. The number of benzene rings is 1. The summed E-state index contributed by atoms with van der Waals surface area (Å²) in [6.07, 6.45) is 8.59. The Labute approximate surface area is 201 Å². The van der Waals surface area contributed by atoms with Crippen LogP contribution in [0.15, 0.2) is 36.5 Å². The van der Waals surface area contributed by atoms with Crippen molar-refractivity contribution in [1.29, 1.82) is 5.26 Å². The van der Waals surface area contributed by atoms with E-state index in [1.807, 2.05) is 6.20 Å². The van der Waals surface area contributed by atoms with Gasteiger partial charge in [0, 0.05) is 56.0 Å². The van der Waals surface area contributed by atoms with Crippen LogP contribution in [-0.4, -0.2) is 61.2 Å². The highest BCUT2D eigenvalue weighted by Crippen LogP contribution is 2.34. The number of amides is 1. The zero-order valence-corrected chi connectivity index (χ0v) is 19.7. The number of aromatic nitrogens is 1. The second-order valence-corrected chi connectivity index (χ2v) is 9.72. The van der Waals surface area contributed by atoms with Crippen LogP contribution in [0, 0.1) is 17.2 Å². The van der Waals surface area contributed by atoms with Crippen molar-refractivity contribution in [3.05, 3.63) is 53.2 Å². The summed E-state index contributed by atoms with van der Waals surface area (Å²) < 4.78 is 5.85. The maximum Gasteiger partial charge on any atom is 0.251 e. The molecule has 3 aliphatic rings. The highest BCUT2D eigenvalue weighted by atomic mass is 16.5. The maximum atomic E-state index is 12.5. The molecular weight excluding hydrogens is 426 g/mol. The fourth-order valence-corrected chi connectivity index (χ4v) is 5.43. The van der Waals surface area contributed by atoms with Crippen LogP contribution in [-0.2, 0) is 6.42 Å². The van der Waals surface area contributed by atoms with Crippen molar-refractivity contribution < 1.29 is 9.53 Å². The third-order valence-electron chi connectivity index (χ3n) is 7.57. The van der Waals surface area contributed by atoms with Crippen molar-refractivity contribution in [2.24, 2.45) is 5.92 Å². The van der Waals surface area contributed by atoms with Gasteiger partial charge < -0.3 is 15.0 Å². The molecule has 0 unspecified atom stereocenters. The van der Waals surface area contributed by atoms with Gasteiger partial charge in [0.1, 0.15) is 0 Å². The molecule has 5 rings (SSSR count). The number of carbonyl (C=O) groups is 1. The molecule has 2 aromatic rings. The van der Waals surface area contributed by atoms with E-state index < -0.39 is 0 Å². The molecule has 178 valence electrons. The Morgan fingerprint density at radius 1 is 1.09 bits per heavy atom. The predicted octanol–water partition coefficient (Wildman–Crippen LogP) is 3.39. The summed E-state index contributed by atoms with van der Waals surface area (Å²) in [7, 11) is 0.